The first kappa shape index (κ1) is 10.7. The number of halogens is 1. The Morgan fingerprint density at radius 3 is 2.50 bits per heavy atom. The van der Waals surface area contributed by atoms with Crippen molar-refractivity contribution < 1.29 is 4.39 Å². The van der Waals surface area contributed by atoms with Crippen molar-refractivity contribution in [3.05, 3.63) is 32.9 Å². The van der Waals surface area contributed by atoms with Gasteiger partial charge >= 0.3 is 5.69 Å². The van der Waals surface area contributed by atoms with Gasteiger partial charge in [-0.2, -0.15) is 4.39 Å². The molecule has 0 aliphatic heterocycles. The van der Waals surface area contributed by atoms with Gasteiger partial charge in [-0.1, -0.05) is 20.8 Å². The Labute approximate surface area is 80.4 Å². The van der Waals surface area contributed by atoms with Gasteiger partial charge in [0.05, 0.1) is 6.20 Å². The van der Waals surface area contributed by atoms with Crippen LogP contribution in [0, 0.1) is 11.2 Å². The van der Waals surface area contributed by atoms with E-state index in [1.807, 2.05) is 25.8 Å². The fourth-order valence-electron chi connectivity index (χ4n) is 1.11. The van der Waals surface area contributed by atoms with E-state index in [1.165, 1.54) is 0 Å². The molecule has 0 spiro atoms. The number of aromatic amines is 1. The van der Waals surface area contributed by atoms with Crippen LogP contribution in [-0.4, -0.2) is 9.55 Å². The average molecular weight is 200 g/mol. The van der Waals surface area contributed by atoms with E-state index >= 15 is 0 Å². The molecule has 78 valence electrons. The summed E-state index contributed by atoms with van der Waals surface area (Å²) in [6, 6.07) is 0. The van der Waals surface area contributed by atoms with Gasteiger partial charge in [0.2, 0.25) is 5.82 Å². The van der Waals surface area contributed by atoms with Crippen molar-refractivity contribution in [3.63, 3.8) is 0 Å². The first-order valence-corrected chi connectivity index (χ1v) is 4.29. The lowest BCUT2D eigenvalue weighted by atomic mass is 9.97. The fourth-order valence-corrected chi connectivity index (χ4v) is 1.11. The van der Waals surface area contributed by atoms with Crippen LogP contribution >= 0.6 is 0 Å². The van der Waals surface area contributed by atoms with E-state index < -0.39 is 17.1 Å². The van der Waals surface area contributed by atoms with Crippen molar-refractivity contribution in [3.8, 4) is 0 Å². The van der Waals surface area contributed by atoms with Crippen LogP contribution in [0.5, 0.6) is 0 Å². The van der Waals surface area contributed by atoms with Crippen molar-refractivity contribution in [2.24, 2.45) is 5.41 Å². The van der Waals surface area contributed by atoms with Crippen LogP contribution in [0.25, 0.3) is 0 Å². The highest BCUT2D eigenvalue weighted by atomic mass is 19.1. The van der Waals surface area contributed by atoms with Gasteiger partial charge in [-0.3, -0.25) is 14.3 Å². The molecule has 0 aromatic carbocycles. The maximum Gasteiger partial charge on any atom is 0.328 e. The zero-order valence-corrected chi connectivity index (χ0v) is 8.43. The van der Waals surface area contributed by atoms with E-state index in [1.54, 1.807) is 0 Å². The van der Waals surface area contributed by atoms with Crippen molar-refractivity contribution in [2.45, 2.75) is 27.3 Å². The number of H-pyrrole nitrogens is 1. The first-order valence-electron chi connectivity index (χ1n) is 4.29. The highest BCUT2D eigenvalue weighted by Crippen LogP contribution is 2.14. The first-order chi connectivity index (χ1) is 6.29. The summed E-state index contributed by atoms with van der Waals surface area (Å²) in [5.41, 5.74) is -1.69. The molecular formula is C9H13FN2O2. The van der Waals surface area contributed by atoms with E-state index in [4.69, 9.17) is 0 Å². The predicted molar refractivity (Wildman–Crippen MR) is 50.7 cm³/mol. The van der Waals surface area contributed by atoms with E-state index in [9.17, 15) is 14.0 Å². The molecule has 1 rings (SSSR count). The topological polar surface area (TPSA) is 54.9 Å². The Hall–Kier alpha value is -1.39. The highest BCUT2D eigenvalue weighted by molar-refractivity contribution is 4.87. The van der Waals surface area contributed by atoms with Crippen molar-refractivity contribution in [2.75, 3.05) is 0 Å². The summed E-state index contributed by atoms with van der Waals surface area (Å²) < 4.78 is 14.0. The van der Waals surface area contributed by atoms with E-state index in [2.05, 4.69) is 0 Å². The standard InChI is InChI=1S/C9H13FN2O2/c1-9(2,3)5-12-4-6(10)7(13)11-8(12)14/h4H,5H2,1-3H3,(H,11,13,14). The van der Waals surface area contributed by atoms with Crippen LogP contribution in [-0.2, 0) is 6.54 Å². The summed E-state index contributed by atoms with van der Waals surface area (Å²) in [6.45, 7) is 6.12. The Morgan fingerprint density at radius 2 is 2.00 bits per heavy atom. The Balaban J connectivity index is 3.18. The van der Waals surface area contributed by atoms with Crippen LogP contribution < -0.4 is 11.2 Å². The Morgan fingerprint density at radius 1 is 1.43 bits per heavy atom. The average Bonchev–Trinajstić information content (AvgIpc) is 1.97. The molecule has 0 aliphatic rings. The minimum Gasteiger partial charge on any atom is -0.297 e. The molecule has 4 nitrogen and oxygen atoms in total. The summed E-state index contributed by atoms with van der Waals surface area (Å²) >= 11 is 0. The van der Waals surface area contributed by atoms with Crippen molar-refractivity contribution >= 4 is 0 Å². The normalized spacial score (nSPS) is 11.7. The monoisotopic (exact) mass is 200 g/mol. The molecule has 1 N–H and O–H groups in total. The fraction of sp³-hybridized carbons (Fsp3) is 0.556. The van der Waals surface area contributed by atoms with E-state index in [-0.39, 0.29) is 5.41 Å². The van der Waals surface area contributed by atoms with Crippen LogP contribution in [0.1, 0.15) is 20.8 Å². The Bertz CT molecular complexity index is 439. The third-order valence-electron chi connectivity index (χ3n) is 1.61. The van der Waals surface area contributed by atoms with Crippen LogP contribution in [0.2, 0.25) is 0 Å². The number of nitrogens with one attached hydrogen (secondary N) is 1. The summed E-state index contributed by atoms with van der Waals surface area (Å²) in [5.74, 6) is -0.936. The van der Waals surface area contributed by atoms with E-state index in [0.717, 1.165) is 10.8 Å². The molecule has 0 bridgehead atoms. The molecule has 0 fully saturated rings. The number of rotatable bonds is 1. The van der Waals surface area contributed by atoms with Crippen LogP contribution in [0.3, 0.4) is 0 Å². The maximum atomic E-state index is 12.8. The number of hydrogen-bond acceptors (Lipinski definition) is 2. The molecule has 0 aliphatic carbocycles. The molecule has 0 saturated heterocycles. The smallest absolute Gasteiger partial charge is 0.297 e. The van der Waals surface area contributed by atoms with Gasteiger partial charge in [-0.05, 0) is 5.41 Å². The number of aromatic nitrogens is 2. The number of hydrogen-bond donors (Lipinski definition) is 1. The summed E-state index contributed by atoms with van der Waals surface area (Å²) in [5, 5.41) is 0. The molecule has 0 amide bonds. The van der Waals surface area contributed by atoms with E-state index in [0.29, 0.717) is 6.54 Å². The zero-order valence-electron chi connectivity index (χ0n) is 8.43. The Kier molecular flexibility index (Phi) is 2.59. The van der Waals surface area contributed by atoms with Gasteiger partial charge in [0.1, 0.15) is 0 Å². The van der Waals surface area contributed by atoms with Crippen molar-refractivity contribution in [1.82, 2.24) is 9.55 Å². The second kappa shape index (κ2) is 3.40. The molecule has 1 aromatic rings. The van der Waals surface area contributed by atoms with Gasteiger partial charge in [0, 0.05) is 6.54 Å². The largest absolute Gasteiger partial charge is 0.328 e. The lowest BCUT2D eigenvalue weighted by molar-refractivity contribution is 0.331. The van der Waals surface area contributed by atoms with Gasteiger partial charge in [-0.15, -0.1) is 0 Å². The molecule has 1 aromatic heterocycles. The second-order valence-electron chi connectivity index (χ2n) is 4.42. The summed E-state index contributed by atoms with van der Waals surface area (Å²) in [7, 11) is 0. The minimum atomic E-state index is -0.972. The minimum absolute atomic E-state index is 0.144. The lowest BCUT2D eigenvalue weighted by Gasteiger charge is -2.18. The molecule has 0 radical (unpaired) electrons. The van der Waals surface area contributed by atoms with Gasteiger partial charge in [0.25, 0.3) is 5.56 Å². The van der Waals surface area contributed by atoms with Crippen LogP contribution in [0.4, 0.5) is 4.39 Å². The molecular weight excluding hydrogens is 187 g/mol. The van der Waals surface area contributed by atoms with Gasteiger partial charge in [-0.25, -0.2) is 4.79 Å². The molecule has 0 unspecified atom stereocenters. The molecule has 0 saturated carbocycles. The molecule has 14 heavy (non-hydrogen) atoms. The second-order valence-corrected chi connectivity index (χ2v) is 4.42. The summed E-state index contributed by atoms with van der Waals surface area (Å²) in [4.78, 5) is 23.8. The molecule has 5 heteroatoms. The molecule has 0 atom stereocenters. The predicted octanol–water partition coefficient (Wildman–Crippen LogP) is 0.722. The van der Waals surface area contributed by atoms with Crippen molar-refractivity contribution in [1.29, 1.82) is 0 Å². The quantitative estimate of drug-likeness (QED) is 0.726. The third kappa shape index (κ3) is 2.55. The maximum absolute atomic E-state index is 12.8. The SMILES string of the molecule is CC(C)(C)Cn1cc(F)c(=O)[nH]c1=O. The molecule has 1 heterocycles. The number of nitrogens with zero attached hydrogens (tertiary/aromatic N) is 1. The van der Waals surface area contributed by atoms with Gasteiger partial charge < -0.3 is 0 Å². The van der Waals surface area contributed by atoms with Crippen LogP contribution in [0.15, 0.2) is 15.8 Å². The van der Waals surface area contributed by atoms with Gasteiger partial charge in [0.15, 0.2) is 0 Å². The lowest BCUT2D eigenvalue weighted by Crippen LogP contribution is -2.34. The summed E-state index contributed by atoms with van der Waals surface area (Å²) in [6.07, 6.45) is 0.937. The third-order valence-corrected chi connectivity index (χ3v) is 1.61. The zero-order chi connectivity index (χ0) is 10.9. The highest BCUT2D eigenvalue weighted by Gasteiger charge is 2.13.